The van der Waals surface area contributed by atoms with Gasteiger partial charge < -0.3 is 0 Å². The van der Waals surface area contributed by atoms with Crippen molar-refractivity contribution < 1.29 is 17.6 Å². The summed E-state index contributed by atoms with van der Waals surface area (Å²) in [4.78, 5) is 4.03. The van der Waals surface area contributed by atoms with Crippen LogP contribution in [0.25, 0.3) is 0 Å². The summed E-state index contributed by atoms with van der Waals surface area (Å²) < 4.78 is 53.1. The summed E-state index contributed by atoms with van der Waals surface area (Å²) in [6.07, 6.45) is -3.58. The molecule has 1 aliphatic rings. The van der Waals surface area contributed by atoms with Gasteiger partial charge in [0, 0.05) is 39.3 Å². The van der Waals surface area contributed by atoms with Gasteiger partial charge in [-0.05, 0) is 29.0 Å². The lowest BCUT2D eigenvalue weighted by Gasteiger charge is -2.34. The third kappa shape index (κ3) is 5.17. The molecule has 2 nitrogen and oxygen atoms in total. The van der Waals surface area contributed by atoms with Gasteiger partial charge in [0.1, 0.15) is 6.67 Å². The Balaban J connectivity index is 2.18. The highest BCUT2D eigenvalue weighted by Crippen LogP contribution is 2.36. The predicted octanol–water partition coefficient (Wildman–Crippen LogP) is 4.48. The topological polar surface area (TPSA) is 6.48 Å². The molecule has 0 N–H and O–H groups in total. The van der Waals surface area contributed by atoms with Crippen LogP contribution in [0.15, 0.2) is 18.2 Å². The summed E-state index contributed by atoms with van der Waals surface area (Å²) in [6.45, 7) is 8.95. The van der Waals surface area contributed by atoms with Crippen molar-refractivity contribution in [3.05, 3.63) is 34.9 Å². The average molecular weight is 360 g/mol. The van der Waals surface area contributed by atoms with Crippen LogP contribution in [0, 0.1) is 0 Å². The van der Waals surface area contributed by atoms with Crippen LogP contribution in [-0.2, 0) is 18.1 Å². The van der Waals surface area contributed by atoms with Crippen LogP contribution in [0.2, 0.25) is 0 Å². The van der Waals surface area contributed by atoms with Gasteiger partial charge in [0.05, 0.1) is 5.56 Å². The van der Waals surface area contributed by atoms with E-state index in [-0.39, 0.29) is 18.6 Å². The first kappa shape index (κ1) is 20.2. The maximum absolute atomic E-state index is 13.6. The first-order valence-electron chi connectivity index (χ1n) is 8.88. The van der Waals surface area contributed by atoms with Gasteiger partial charge in [-0.1, -0.05) is 32.9 Å². The quantitative estimate of drug-likeness (QED) is 0.690. The van der Waals surface area contributed by atoms with E-state index in [2.05, 4.69) is 0 Å². The lowest BCUT2D eigenvalue weighted by molar-refractivity contribution is -0.138. The number of hydrogen-bond acceptors (Lipinski definition) is 2. The van der Waals surface area contributed by atoms with Crippen LogP contribution >= 0.6 is 0 Å². The highest BCUT2D eigenvalue weighted by Gasteiger charge is 2.35. The lowest BCUT2D eigenvalue weighted by Crippen LogP contribution is -2.46. The molecule has 1 aliphatic heterocycles. The Morgan fingerprint density at radius 2 is 1.60 bits per heavy atom. The summed E-state index contributed by atoms with van der Waals surface area (Å²) >= 11 is 0. The molecule has 1 saturated heterocycles. The van der Waals surface area contributed by atoms with E-state index in [1.165, 1.54) is 6.07 Å². The third-order valence-corrected chi connectivity index (χ3v) is 5.34. The Morgan fingerprint density at radius 1 is 1.00 bits per heavy atom. The molecule has 0 bridgehead atoms. The minimum atomic E-state index is -4.36. The fraction of sp³-hybridized carbons (Fsp3) is 0.684. The maximum Gasteiger partial charge on any atom is 0.416 e. The van der Waals surface area contributed by atoms with Crippen molar-refractivity contribution in [2.24, 2.45) is 0 Å². The first-order valence-corrected chi connectivity index (χ1v) is 8.88. The average Bonchev–Trinajstić information content (AvgIpc) is 2.56. The number of piperazine rings is 1. The van der Waals surface area contributed by atoms with Gasteiger partial charge in [0.2, 0.25) is 0 Å². The molecule has 1 aromatic rings. The molecule has 0 aliphatic carbocycles. The number of hydrogen-bond donors (Lipinski definition) is 0. The fourth-order valence-corrected chi connectivity index (χ4v) is 3.13. The van der Waals surface area contributed by atoms with Gasteiger partial charge in [-0.3, -0.25) is 9.80 Å². The smallest absolute Gasteiger partial charge is 0.298 e. The van der Waals surface area contributed by atoms with Crippen LogP contribution in [-0.4, -0.2) is 49.2 Å². The fourth-order valence-electron chi connectivity index (χ4n) is 3.13. The van der Waals surface area contributed by atoms with E-state index in [4.69, 9.17) is 0 Å². The molecule has 25 heavy (non-hydrogen) atoms. The van der Waals surface area contributed by atoms with Gasteiger partial charge in [0.15, 0.2) is 0 Å². The lowest BCUT2D eigenvalue weighted by atomic mass is 9.81. The van der Waals surface area contributed by atoms with E-state index in [9.17, 15) is 17.6 Å². The summed E-state index contributed by atoms with van der Waals surface area (Å²) in [5.41, 5.74) is 0.231. The molecule has 0 atom stereocenters. The molecule has 0 saturated carbocycles. The van der Waals surface area contributed by atoms with Crippen LogP contribution in [0.1, 0.15) is 43.9 Å². The number of rotatable bonds is 6. The zero-order valence-electron chi connectivity index (χ0n) is 15.3. The van der Waals surface area contributed by atoms with Crippen LogP contribution in [0.4, 0.5) is 17.6 Å². The molecule has 0 unspecified atom stereocenters. The molecule has 1 fully saturated rings. The van der Waals surface area contributed by atoms with Gasteiger partial charge in [-0.25, -0.2) is 4.39 Å². The molecule has 0 spiro atoms. The predicted molar refractivity (Wildman–Crippen MR) is 92.5 cm³/mol. The van der Waals surface area contributed by atoms with Gasteiger partial charge in [-0.2, -0.15) is 13.2 Å². The summed E-state index contributed by atoms with van der Waals surface area (Å²) in [5, 5.41) is 0. The molecule has 2 rings (SSSR count). The van der Waals surface area contributed by atoms with E-state index in [1.807, 2.05) is 36.6 Å². The van der Waals surface area contributed by atoms with Crippen LogP contribution in [0.3, 0.4) is 0 Å². The van der Waals surface area contributed by atoms with E-state index in [0.717, 1.165) is 12.0 Å². The highest BCUT2D eigenvalue weighted by atomic mass is 19.4. The van der Waals surface area contributed by atoms with Crippen molar-refractivity contribution in [1.82, 2.24) is 9.80 Å². The van der Waals surface area contributed by atoms with Gasteiger partial charge in [-0.15, -0.1) is 0 Å². The van der Waals surface area contributed by atoms with Crippen molar-refractivity contribution in [2.75, 3.05) is 39.4 Å². The van der Waals surface area contributed by atoms with Gasteiger partial charge in [0.25, 0.3) is 0 Å². The Hall–Kier alpha value is -1.14. The second-order valence-corrected chi connectivity index (χ2v) is 7.41. The first-order chi connectivity index (χ1) is 11.7. The van der Waals surface area contributed by atoms with Gasteiger partial charge >= 0.3 is 6.18 Å². The van der Waals surface area contributed by atoms with E-state index < -0.39 is 11.7 Å². The molecule has 0 aromatic heterocycles. The molecular weight excluding hydrogens is 332 g/mol. The SMILES string of the molecule is CCC(C)(C)c1ccc(CN2CCN(CCF)CC2)c(C(F)(F)F)c1. The molecule has 6 heteroatoms. The van der Waals surface area contributed by atoms with Crippen molar-refractivity contribution in [2.45, 2.75) is 45.3 Å². The molecule has 1 heterocycles. The number of alkyl halides is 4. The zero-order valence-corrected chi connectivity index (χ0v) is 15.3. The Labute approximate surface area is 147 Å². The number of nitrogens with zero attached hydrogens (tertiary/aromatic N) is 2. The van der Waals surface area contributed by atoms with Crippen molar-refractivity contribution in [3.8, 4) is 0 Å². The summed E-state index contributed by atoms with van der Waals surface area (Å²) in [5.74, 6) is 0. The second-order valence-electron chi connectivity index (χ2n) is 7.41. The van der Waals surface area contributed by atoms with Crippen molar-refractivity contribution in [3.63, 3.8) is 0 Å². The highest BCUT2D eigenvalue weighted by molar-refractivity contribution is 5.37. The summed E-state index contributed by atoms with van der Waals surface area (Å²) in [6, 6.07) is 4.77. The molecule has 0 amide bonds. The molecular formula is C19H28F4N2. The number of benzene rings is 1. The Kier molecular flexibility index (Phi) is 6.49. The normalized spacial score (nSPS) is 17.9. The standard InChI is InChI=1S/C19H28F4N2/c1-4-18(2,3)16-6-5-15(17(13-16)19(21,22)23)14-25-11-9-24(8-7-20)10-12-25/h5-6,13H,4,7-12,14H2,1-3H3. The molecule has 1 aromatic carbocycles. The van der Waals surface area contributed by atoms with E-state index in [0.29, 0.717) is 38.3 Å². The van der Waals surface area contributed by atoms with E-state index in [1.54, 1.807) is 6.07 Å². The van der Waals surface area contributed by atoms with Crippen molar-refractivity contribution in [1.29, 1.82) is 0 Å². The minimum absolute atomic E-state index is 0.281. The maximum atomic E-state index is 13.6. The molecule has 142 valence electrons. The van der Waals surface area contributed by atoms with E-state index >= 15 is 0 Å². The van der Waals surface area contributed by atoms with Crippen LogP contribution < -0.4 is 0 Å². The Morgan fingerprint density at radius 3 is 2.12 bits per heavy atom. The largest absolute Gasteiger partial charge is 0.416 e. The Bertz CT molecular complexity index is 561. The molecule has 0 radical (unpaired) electrons. The third-order valence-electron chi connectivity index (χ3n) is 5.34. The minimum Gasteiger partial charge on any atom is -0.298 e. The van der Waals surface area contributed by atoms with Crippen molar-refractivity contribution >= 4 is 0 Å². The number of halogens is 4. The summed E-state index contributed by atoms with van der Waals surface area (Å²) in [7, 11) is 0. The van der Waals surface area contributed by atoms with Crippen LogP contribution in [0.5, 0.6) is 0 Å². The second kappa shape index (κ2) is 8.04. The monoisotopic (exact) mass is 360 g/mol. The zero-order chi connectivity index (χ0) is 18.7.